The van der Waals surface area contributed by atoms with Crippen LogP contribution in [-0.2, 0) is 0 Å². The zero-order valence-corrected chi connectivity index (χ0v) is 10.6. The monoisotopic (exact) mass is 252 g/mol. The first kappa shape index (κ1) is 14.0. The van der Waals surface area contributed by atoms with Crippen molar-refractivity contribution in [3.05, 3.63) is 22.9 Å². The molecule has 6 nitrogen and oxygen atoms in total. The van der Waals surface area contributed by atoms with E-state index in [1.807, 2.05) is 18.7 Å². The fourth-order valence-electron chi connectivity index (χ4n) is 1.77. The lowest BCUT2D eigenvalue weighted by atomic mass is 10.1. The molecule has 0 aliphatic heterocycles. The number of carbonyl (C=O) groups is 2. The average molecular weight is 252 g/mol. The van der Waals surface area contributed by atoms with Crippen molar-refractivity contribution in [2.24, 2.45) is 0 Å². The van der Waals surface area contributed by atoms with Gasteiger partial charge in [-0.2, -0.15) is 0 Å². The third-order valence-corrected chi connectivity index (χ3v) is 2.68. The van der Waals surface area contributed by atoms with Crippen LogP contribution in [-0.4, -0.2) is 40.2 Å². The molecule has 0 radical (unpaired) electrons. The predicted molar refractivity (Wildman–Crippen MR) is 66.5 cm³/mol. The lowest BCUT2D eigenvalue weighted by Gasteiger charge is -2.22. The van der Waals surface area contributed by atoms with Gasteiger partial charge in [0.2, 0.25) is 0 Å². The molecule has 98 valence electrons. The van der Waals surface area contributed by atoms with Crippen LogP contribution in [0.15, 0.2) is 6.07 Å². The molecule has 1 aromatic rings. The van der Waals surface area contributed by atoms with E-state index < -0.39 is 17.6 Å². The summed E-state index contributed by atoms with van der Waals surface area (Å²) in [6.07, 6.45) is 0. The van der Waals surface area contributed by atoms with Crippen LogP contribution in [0.3, 0.4) is 0 Å². The fraction of sp³-hybridized carbons (Fsp3) is 0.417. The SMILES string of the molecule is CCN(CC)c1nc(C(=O)O)c(C(=O)O)cc1C. The van der Waals surface area contributed by atoms with Crippen molar-refractivity contribution < 1.29 is 19.8 Å². The summed E-state index contributed by atoms with van der Waals surface area (Å²) in [5.74, 6) is -2.10. The summed E-state index contributed by atoms with van der Waals surface area (Å²) in [6.45, 7) is 6.93. The zero-order valence-electron chi connectivity index (χ0n) is 10.6. The summed E-state index contributed by atoms with van der Waals surface area (Å²) < 4.78 is 0. The van der Waals surface area contributed by atoms with Crippen LogP contribution >= 0.6 is 0 Å². The molecule has 2 N–H and O–H groups in total. The maximum Gasteiger partial charge on any atom is 0.355 e. The minimum Gasteiger partial charge on any atom is -0.478 e. The molecule has 0 aliphatic carbocycles. The first-order valence-electron chi connectivity index (χ1n) is 5.65. The Morgan fingerprint density at radius 2 is 1.78 bits per heavy atom. The molecule has 0 unspecified atom stereocenters. The Morgan fingerprint density at radius 1 is 1.22 bits per heavy atom. The van der Waals surface area contributed by atoms with Crippen molar-refractivity contribution >= 4 is 17.8 Å². The Balaban J connectivity index is 3.44. The fourth-order valence-corrected chi connectivity index (χ4v) is 1.77. The number of aryl methyl sites for hydroxylation is 1. The Kier molecular flexibility index (Phi) is 4.25. The van der Waals surface area contributed by atoms with Crippen molar-refractivity contribution in [2.45, 2.75) is 20.8 Å². The summed E-state index contributed by atoms with van der Waals surface area (Å²) in [4.78, 5) is 27.9. The van der Waals surface area contributed by atoms with Gasteiger partial charge >= 0.3 is 11.9 Å². The highest BCUT2D eigenvalue weighted by Gasteiger charge is 2.21. The van der Waals surface area contributed by atoms with Gasteiger partial charge in [0.1, 0.15) is 5.82 Å². The van der Waals surface area contributed by atoms with Gasteiger partial charge in [-0.1, -0.05) is 0 Å². The van der Waals surface area contributed by atoms with E-state index in [-0.39, 0.29) is 5.56 Å². The van der Waals surface area contributed by atoms with E-state index in [9.17, 15) is 9.59 Å². The minimum absolute atomic E-state index is 0.282. The number of rotatable bonds is 5. The summed E-state index contributed by atoms with van der Waals surface area (Å²) in [7, 11) is 0. The number of aromatic carboxylic acids is 2. The molecule has 0 saturated heterocycles. The smallest absolute Gasteiger partial charge is 0.355 e. The molecule has 0 aromatic carbocycles. The quantitative estimate of drug-likeness (QED) is 0.827. The maximum atomic E-state index is 11.0. The number of aromatic nitrogens is 1. The number of pyridine rings is 1. The van der Waals surface area contributed by atoms with Crippen molar-refractivity contribution in [3.63, 3.8) is 0 Å². The van der Waals surface area contributed by atoms with E-state index in [1.165, 1.54) is 6.07 Å². The maximum absolute atomic E-state index is 11.0. The predicted octanol–water partition coefficient (Wildman–Crippen LogP) is 1.63. The zero-order chi connectivity index (χ0) is 13.9. The highest BCUT2D eigenvalue weighted by molar-refractivity contribution is 6.00. The molecule has 1 rings (SSSR count). The van der Waals surface area contributed by atoms with Crippen LogP contribution in [0.25, 0.3) is 0 Å². The number of carboxylic acid groups (broad SMARTS) is 2. The van der Waals surface area contributed by atoms with Gasteiger partial charge in [0.25, 0.3) is 0 Å². The highest BCUT2D eigenvalue weighted by Crippen LogP contribution is 2.21. The van der Waals surface area contributed by atoms with E-state index in [0.29, 0.717) is 24.5 Å². The second-order valence-corrected chi connectivity index (χ2v) is 3.81. The normalized spacial score (nSPS) is 10.2. The molecule has 18 heavy (non-hydrogen) atoms. The molecule has 0 saturated carbocycles. The van der Waals surface area contributed by atoms with E-state index in [1.54, 1.807) is 6.92 Å². The second-order valence-electron chi connectivity index (χ2n) is 3.81. The highest BCUT2D eigenvalue weighted by atomic mass is 16.4. The van der Waals surface area contributed by atoms with Gasteiger partial charge < -0.3 is 15.1 Å². The summed E-state index contributed by atoms with van der Waals surface area (Å²) in [5.41, 5.74) is -0.0491. The number of carboxylic acids is 2. The van der Waals surface area contributed by atoms with Gasteiger partial charge in [-0.15, -0.1) is 0 Å². The van der Waals surface area contributed by atoms with Crippen LogP contribution in [0.1, 0.15) is 40.3 Å². The molecule has 0 bridgehead atoms. The first-order valence-corrected chi connectivity index (χ1v) is 5.65. The van der Waals surface area contributed by atoms with Crippen LogP contribution in [0.5, 0.6) is 0 Å². The molecular weight excluding hydrogens is 236 g/mol. The lowest BCUT2D eigenvalue weighted by Crippen LogP contribution is -2.25. The number of nitrogens with zero attached hydrogens (tertiary/aromatic N) is 2. The summed E-state index contributed by atoms with van der Waals surface area (Å²) in [5, 5.41) is 18.0. The van der Waals surface area contributed by atoms with E-state index in [2.05, 4.69) is 4.98 Å². The Hall–Kier alpha value is -2.11. The van der Waals surface area contributed by atoms with Crippen molar-refractivity contribution in [3.8, 4) is 0 Å². The van der Waals surface area contributed by atoms with Crippen LogP contribution in [0.4, 0.5) is 5.82 Å². The molecule has 1 aromatic heterocycles. The minimum atomic E-state index is -1.33. The van der Waals surface area contributed by atoms with Gasteiger partial charge in [0.15, 0.2) is 5.69 Å². The van der Waals surface area contributed by atoms with Gasteiger partial charge in [-0.3, -0.25) is 0 Å². The average Bonchev–Trinajstić information content (AvgIpc) is 2.31. The lowest BCUT2D eigenvalue weighted by molar-refractivity contribution is 0.0646. The third kappa shape index (κ3) is 2.58. The van der Waals surface area contributed by atoms with Crippen LogP contribution in [0, 0.1) is 6.92 Å². The molecular formula is C12H16N2O4. The largest absolute Gasteiger partial charge is 0.478 e. The van der Waals surface area contributed by atoms with Crippen LogP contribution < -0.4 is 4.90 Å². The number of hydrogen-bond donors (Lipinski definition) is 2. The molecule has 0 aliphatic rings. The van der Waals surface area contributed by atoms with Gasteiger partial charge in [0.05, 0.1) is 5.56 Å². The Bertz CT molecular complexity index is 481. The van der Waals surface area contributed by atoms with Crippen molar-refractivity contribution in [1.82, 2.24) is 4.98 Å². The standard InChI is InChI=1S/C12H16N2O4/c1-4-14(5-2)10-7(3)6-8(11(15)16)9(13-10)12(17)18/h6H,4-5H2,1-3H3,(H,15,16)(H,17,18). The number of anilines is 1. The van der Waals surface area contributed by atoms with Gasteiger partial charge in [-0.25, -0.2) is 14.6 Å². The summed E-state index contributed by atoms with van der Waals surface area (Å²) >= 11 is 0. The van der Waals surface area contributed by atoms with E-state index >= 15 is 0 Å². The van der Waals surface area contributed by atoms with Crippen molar-refractivity contribution in [2.75, 3.05) is 18.0 Å². The van der Waals surface area contributed by atoms with Gasteiger partial charge in [-0.05, 0) is 32.4 Å². The molecule has 0 fully saturated rings. The summed E-state index contributed by atoms with van der Waals surface area (Å²) in [6, 6.07) is 1.35. The Labute approximate surface area is 105 Å². The molecule has 1 heterocycles. The third-order valence-electron chi connectivity index (χ3n) is 2.68. The Morgan fingerprint density at radius 3 is 2.17 bits per heavy atom. The molecule has 6 heteroatoms. The van der Waals surface area contributed by atoms with E-state index in [0.717, 1.165) is 0 Å². The van der Waals surface area contributed by atoms with Crippen molar-refractivity contribution in [1.29, 1.82) is 0 Å². The molecule has 0 amide bonds. The van der Waals surface area contributed by atoms with Crippen LogP contribution in [0.2, 0.25) is 0 Å². The topological polar surface area (TPSA) is 90.7 Å². The first-order chi connectivity index (χ1) is 8.42. The van der Waals surface area contributed by atoms with Gasteiger partial charge in [0, 0.05) is 13.1 Å². The number of hydrogen-bond acceptors (Lipinski definition) is 4. The van der Waals surface area contributed by atoms with E-state index in [4.69, 9.17) is 10.2 Å². The molecule has 0 spiro atoms. The second kappa shape index (κ2) is 5.48. The molecule has 0 atom stereocenters.